The van der Waals surface area contributed by atoms with Crippen molar-refractivity contribution in [2.45, 2.75) is 12.5 Å². The van der Waals surface area contributed by atoms with Gasteiger partial charge in [-0.05, 0) is 0 Å². The van der Waals surface area contributed by atoms with Gasteiger partial charge in [-0.1, -0.05) is 0 Å². The molecule has 1 atom stereocenters. The molecule has 0 radical (unpaired) electrons. The summed E-state index contributed by atoms with van der Waals surface area (Å²) in [6, 6.07) is 0. The van der Waals surface area contributed by atoms with E-state index in [1.165, 1.54) is 6.33 Å². The number of hydrogen-bond acceptors (Lipinski definition) is 6. The van der Waals surface area contributed by atoms with Crippen molar-refractivity contribution >= 4 is 5.97 Å². The van der Waals surface area contributed by atoms with Crippen molar-refractivity contribution in [1.82, 2.24) is 9.97 Å². The maximum Gasteiger partial charge on any atom is 0.356 e. The predicted octanol–water partition coefficient (Wildman–Crippen LogP) is -1.37. The summed E-state index contributed by atoms with van der Waals surface area (Å²) >= 11 is 0. The van der Waals surface area contributed by atoms with Crippen LogP contribution in [0.4, 0.5) is 0 Å². The van der Waals surface area contributed by atoms with E-state index in [1.807, 2.05) is 0 Å². The molecule has 0 aliphatic heterocycles. The van der Waals surface area contributed by atoms with Crippen LogP contribution in [-0.2, 0) is 20.9 Å². The van der Waals surface area contributed by atoms with E-state index in [2.05, 4.69) is 25.5 Å². The number of aromatic nitrogens is 2. The van der Waals surface area contributed by atoms with Crippen LogP contribution in [0.25, 0.3) is 0 Å². The van der Waals surface area contributed by atoms with E-state index in [0.717, 1.165) is 0 Å². The summed E-state index contributed by atoms with van der Waals surface area (Å²) in [5, 5.41) is 0. The first kappa shape index (κ1) is 9.65. The summed E-state index contributed by atoms with van der Waals surface area (Å²) in [5.41, 5.74) is 0.709. The predicted molar refractivity (Wildman–Crippen MR) is 41.6 cm³/mol. The zero-order chi connectivity index (χ0) is 9.68. The van der Waals surface area contributed by atoms with Gasteiger partial charge >= 0.3 is 5.97 Å². The lowest BCUT2D eigenvalue weighted by Gasteiger charge is -2.09. The van der Waals surface area contributed by atoms with Crippen LogP contribution in [0.5, 0.6) is 0 Å². The molecule has 7 heteroatoms. The molecule has 1 aromatic heterocycles. The molecule has 0 aromatic carbocycles. The maximum absolute atomic E-state index is 10.9. The van der Waals surface area contributed by atoms with Gasteiger partial charge in [0.1, 0.15) is 0 Å². The topological polar surface area (TPSA) is 116 Å². The highest BCUT2D eigenvalue weighted by atomic mass is 16.7. The number of nitrogens with zero attached hydrogens (tertiary/aromatic N) is 1. The number of nitrogens with one attached hydrogen (secondary N) is 1. The van der Waals surface area contributed by atoms with Gasteiger partial charge < -0.3 is 9.82 Å². The smallest absolute Gasteiger partial charge is 0.356 e. The van der Waals surface area contributed by atoms with Crippen molar-refractivity contribution in [1.29, 1.82) is 0 Å². The third-order valence-electron chi connectivity index (χ3n) is 1.50. The minimum absolute atomic E-state index is 0.243. The van der Waals surface area contributed by atoms with Gasteiger partial charge in [-0.2, -0.15) is 5.90 Å². The van der Waals surface area contributed by atoms with Crippen LogP contribution in [0.1, 0.15) is 5.69 Å². The molecule has 0 fully saturated rings. The first-order valence-corrected chi connectivity index (χ1v) is 3.51. The van der Waals surface area contributed by atoms with Gasteiger partial charge in [-0.15, -0.1) is 0 Å². The average molecular weight is 186 g/mol. The molecular formula is C6H10N4O3. The largest absolute Gasteiger partial charge is 0.371 e. The van der Waals surface area contributed by atoms with Gasteiger partial charge in [-0.25, -0.2) is 15.7 Å². The van der Waals surface area contributed by atoms with Crippen molar-refractivity contribution < 1.29 is 14.5 Å². The maximum atomic E-state index is 10.9. The van der Waals surface area contributed by atoms with Crippen LogP contribution in [-0.4, -0.2) is 22.0 Å². The second kappa shape index (κ2) is 4.55. The van der Waals surface area contributed by atoms with E-state index >= 15 is 0 Å². The van der Waals surface area contributed by atoms with E-state index < -0.39 is 12.1 Å². The SMILES string of the molecule is NOC(=O)C(Cc1cnc[nH]1)ON. The number of imidazole rings is 1. The number of carbonyl (C=O) groups excluding carboxylic acids is 1. The van der Waals surface area contributed by atoms with Gasteiger partial charge in [0.05, 0.1) is 6.33 Å². The molecule has 0 saturated heterocycles. The number of aromatic amines is 1. The molecule has 0 aliphatic rings. The third kappa shape index (κ3) is 2.51. The fourth-order valence-electron chi connectivity index (χ4n) is 0.859. The zero-order valence-electron chi connectivity index (χ0n) is 6.77. The van der Waals surface area contributed by atoms with E-state index in [-0.39, 0.29) is 6.42 Å². The molecule has 1 aromatic rings. The summed E-state index contributed by atoms with van der Waals surface area (Å²) in [6.45, 7) is 0. The van der Waals surface area contributed by atoms with Gasteiger partial charge in [0, 0.05) is 18.3 Å². The number of hydrogen-bond donors (Lipinski definition) is 3. The summed E-state index contributed by atoms with van der Waals surface area (Å²) in [5.74, 6) is 8.82. The molecule has 0 bridgehead atoms. The Labute approximate surface area is 73.9 Å². The van der Waals surface area contributed by atoms with Gasteiger partial charge in [0.2, 0.25) is 0 Å². The highest BCUT2D eigenvalue weighted by Crippen LogP contribution is 2.01. The first-order valence-electron chi connectivity index (χ1n) is 3.51. The van der Waals surface area contributed by atoms with Crippen LogP contribution in [0.15, 0.2) is 12.5 Å². The Bertz CT molecular complexity index is 261. The summed E-state index contributed by atoms with van der Waals surface area (Å²) in [6.07, 6.45) is 2.37. The lowest BCUT2D eigenvalue weighted by molar-refractivity contribution is -0.158. The minimum Gasteiger partial charge on any atom is -0.371 e. The number of H-pyrrole nitrogens is 1. The monoisotopic (exact) mass is 186 g/mol. The normalized spacial score (nSPS) is 12.5. The van der Waals surface area contributed by atoms with Crippen molar-refractivity contribution in [2.75, 3.05) is 0 Å². The van der Waals surface area contributed by atoms with Crippen molar-refractivity contribution in [3.8, 4) is 0 Å². The van der Waals surface area contributed by atoms with Crippen molar-refractivity contribution in [2.24, 2.45) is 11.8 Å². The van der Waals surface area contributed by atoms with Crippen LogP contribution in [0.2, 0.25) is 0 Å². The molecule has 13 heavy (non-hydrogen) atoms. The molecule has 1 rings (SSSR count). The van der Waals surface area contributed by atoms with Crippen molar-refractivity contribution in [3.63, 3.8) is 0 Å². The first-order chi connectivity index (χ1) is 6.27. The third-order valence-corrected chi connectivity index (χ3v) is 1.50. The molecule has 72 valence electrons. The number of rotatable bonds is 4. The number of carbonyl (C=O) groups is 1. The summed E-state index contributed by atoms with van der Waals surface area (Å²) in [4.78, 5) is 25.8. The lowest BCUT2D eigenvalue weighted by Crippen LogP contribution is -2.33. The molecule has 5 N–H and O–H groups in total. The van der Waals surface area contributed by atoms with Crippen LogP contribution in [0, 0.1) is 0 Å². The van der Waals surface area contributed by atoms with Gasteiger partial charge in [0.15, 0.2) is 6.10 Å². The fourth-order valence-corrected chi connectivity index (χ4v) is 0.859. The quantitative estimate of drug-likeness (QED) is 0.499. The zero-order valence-corrected chi connectivity index (χ0v) is 6.77. The van der Waals surface area contributed by atoms with Crippen LogP contribution >= 0.6 is 0 Å². The van der Waals surface area contributed by atoms with Gasteiger partial charge in [-0.3, -0.25) is 4.84 Å². The minimum atomic E-state index is -0.912. The summed E-state index contributed by atoms with van der Waals surface area (Å²) in [7, 11) is 0. The van der Waals surface area contributed by atoms with E-state index in [0.29, 0.717) is 5.69 Å². The van der Waals surface area contributed by atoms with Crippen LogP contribution < -0.4 is 11.8 Å². The Morgan fingerprint density at radius 2 is 2.46 bits per heavy atom. The standard InChI is InChI=1S/C6H10N4O3/c7-12-5(6(11)13-8)1-4-2-9-3-10-4/h2-3,5H,1,7-8H2,(H,9,10). The Hall–Kier alpha value is -1.44. The lowest BCUT2D eigenvalue weighted by atomic mass is 10.2. The molecule has 0 aliphatic carbocycles. The molecular weight excluding hydrogens is 176 g/mol. The second-order valence-corrected chi connectivity index (χ2v) is 2.34. The van der Waals surface area contributed by atoms with Crippen molar-refractivity contribution in [3.05, 3.63) is 18.2 Å². The highest BCUT2D eigenvalue weighted by molar-refractivity contribution is 5.74. The van der Waals surface area contributed by atoms with E-state index in [4.69, 9.17) is 5.90 Å². The molecule has 0 spiro atoms. The Kier molecular flexibility index (Phi) is 3.38. The van der Waals surface area contributed by atoms with E-state index in [9.17, 15) is 4.79 Å². The Morgan fingerprint density at radius 3 is 2.92 bits per heavy atom. The molecule has 0 amide bonds. The molecule has 0 saturated carbocycles. The van der Waals surface area contributed by atoms with Gasteiger partial charge in [0.25, 0.3) is 0 Å². The Morgan fingerprint density at radius 1 is 1.69 bits per heavy atom. The fraction of sp³-hybridized carbons (Fsp3) is 0.333. The molecule has 1 heterocycles. The molecule has 7 nitrogen and oxygen atoms in total. The highest BCUT2D eigenvalue weighted by Gasteiger charge is 2.20. The summed E-state index contributed by atoms with van der Waals surface area (Å²) < 4.78 is 0. The van der Waals surface area contributed by atoms with E-state index in [1.54, 1.807) is 6.20 Å². The Balaban J connectivity index is 2.54. The van der Waals surface area contributed by atoms with Crippen LogP contribution in [0.3, 0.4) is 0 Å². The second-order valence-electron chi connectivity index (χ2n) is 2.34. The number of nitrogens with two attached hydrogens (primary N) is 2. The average Bonchev–Trinajstić information content (AvgIpc) is 2.65. The molecule has 1 unspecified atom stereocenters.